The third kappa shape index (κ3) is 6.09. The molecule has 2 atom stereocenters. The lowest BCUT2D eigenvalue weighted by Gasteiger charge is -2.24. The fraction of sp³-hybridized carbons (Fsp3) is 0.529. The van der Waals surface area contributed by atoms with Crippen molar-refractivity contribution in [1.82, 2.24) is 4.90 Å². The summed E-state index contributed by atoms with van der Waals surface area (Å²) in [6.45, 7) is 0.650. The Hall–Kier alpha value is -1.66. The molecule has 1 aromatic carbocycles. The number of nitrogens with zero attached hydrogens (tertiary/aromatic N) is 1. The minimum atomic E-state index is -0.872. The van der Waals surface area contributed by atoms with Crippen LogP contribution in [0.15, 0.2) is 24.3 Å². The number of rotatable bonds is 5. The average Bonchev–Trinajstić information content (AvgIpc) is 2.71. The molecule has 1 aliphatic heterocycles. The van der Waals surface area contributed by atoms with Gasteiger partial charge >= 0.3 is 5.97 Å². The van der Waals surface area contributed by atoms with Crippen LogP contribution < -0.4 is 5.73 Å². The van der Waals surface area contributed by atoms with Crippen LogP contribution >= 0.6 is 12.4 Å². The van der Waals surface area contributed by atoms with E-state index >= 15 is 0 Å². The van der Waals surface area contributed by atoms with E-state index in [9.17, 15) is 19.1 Å². The Bertz CT molecular complexity index is 553. The molecule has 0 spiro atoms. The minimum Gasteiger partial charge on any atom is -0.481 e. The monoisotopic (exact) mass is 358 g/mol. The molecule has 1 aliphatic rings. The highest BCUT2D eigenvalue weighted by atomic mass is 35.5. The lowest BCUT2D eigenvalue weighted by Crippen LogP contribution is -2.41. The molecule has 7 heteroatoms. The van der Waals surface area contributed by atoms with Crippen molar-refractivity contribution in [2.75, 3.05) is 13.1 Å². The first-order valence-electron chi connectivity index (χ1n) is 7.96. The van der Waals surface area contributed by atoms with Crippen molar-refractivity contribution in [1.29, 1.82) is 0 Å². The molecule has 24 heavy (non-hydrogen) atoms. The topological polar surface area (TPSA) is 83.6 Å². The van der Waals surface area contributed by atoms with Gasteiger partial charge in [0, 0.05) is 25.6 Å². The molecule has 0 saturated carbocycles. The molecule has 1 fully saturated rings. The second-order valence-corrected chi connectivity index (χ2v) is 6.15. The van der Waals surface area contributed by atoms with Crippen LogP contribution in [0.4, 0.5) is 4.39 Å². The molecule has 0 aromatic heterocycles. The fourth-order valence-corrected chi connectivity index (χ4v) is 2.88. The molecule has 1 aromatic rings. The number of nitrogens with two attached hydrogens (primary N) is 1. The number of hydrogen-bond acceptors (Lipinski definition) is 3. The van der Waals surface area contributed by atoms with Crippen molar-refractivity contribution < 1.29 is 19.1 Å². The van der Waals surface area contributed by atoms with E-state index < -0.39 is 11.9 Å². The van der Waals surface area contributed by atoms with Crippen LogP contribution in [0.5, 0.6) is 0 Å². The van der Waals surface area contributed by atoms with Gasteiger partial charge < -0.3 is 15.7 Å². The van der Waals surface area contributed by atoms with Crippen molar-refractivity contribution in [2.24, 2.45) is 11.7 Å². The van der Waals surface area contributed by atoms with E-state index in [1.54, 1.807) is 17.0 Å². The second-order valence-electron chi connectivity index (χ2n) is 6.15. The normalized spacial score (nSPS) is 20.8. The summed E-state index contributed by atoms with van der Waals surface area (Å²) >= 11 is 0. The zero-order valence-electron chi connectivity index (χ0n) is 13.5. The lowest BCUT2D eigenvalue weighted by atomic mass is 10.0. The Balaban J connectivity index is 0.00000288. The largest absolute Gasteiger partial charge is 0.481 e. The maximum atomic E-state index is 12.8. The number of amides is 1. The standard InChI is InChI=1S/C17H23FN2O3.ClH/c18-14-7-4-12(5-8-14)2-1-3-16(21)20-10-13(17(22)23)6-9-15(19)11-20;/h4-5,7-8,13,15H,1-3,6,9-11,19H2,(H,22,23);1H/t13-,15+;/m0./s1. The molecular formula is C17H24ClFN2O3. The van der Waals surface area contributed by atoms with Gasteiger partial charge in [-0.25, -0.2) is 4.39 Å². The van der Waals surface area contributed by atoms with Gasteiger partial charge in [-0.2, -0.15) is 0 Å². The van der Waals surface area contributed by atoms with Gasteiger partial charge in [0.2, 0.25) is 5.91 Å². The number of aliphatic carboxylic acids is 1. The first kappa shape index (κ1) is 20.4. The van der Waals surface area contributed by atoms with E-state index in [-0.39, 0.29) is 36.7 Å². The number of carbonyl (C=O) groups excluding carboxylic acids is 1. The van der Waals surface area contributed by atoms with Crippen molar-refractivity contribution in [3.8, 4) is 0 Å². The first-order chi connectivity index (χ1) is 11.0. The maximum absolute atomic E-state index is 12.8. The average molecular weight is 359 g/mol. The van der Waals surface area contributed by atoms with Crippen LogP contribution in [0.3, 0.4) is 0 Å². The lowest BCUT2D eigenvalue weighted by molar-refractivity contribution is -0.143. The van der Waals surface area contributed by atoms with Gasteiger partial charge in [-0.1, -0.05) is 12.1 Å². The SMILES string of the molecule is Cl.N[C@@H]1CC[C@H](C(=O)O)CN(C(=O)CCCc2ccc(F)cc2)C1. The third-order valence-electron chi connectivity index (χ3n) is 4.25. The second kappa shape index (κ2) is 9.59. The van der Waals surface area contributed by atoms with E-state index in [2.05, 4.69) is 0 Å². The molecule has 1 amide bonds. The Morgan fingerprint density at radius 2 is 1.88 bits per heavy atom. The Morgan fingerprint density at radius 1 is 1.21 bits per heavy atom. The Morgan fingerprint density at radius 3 is 2.50 bits per heavy atom. The molecule has 0 bridgehead atoms. The molecule has 1 saturated heterocycles. The van der Waals surface area contributed by atoms with Gasteiger partial charge in [0.25, 0.3) is 0 Å². The van der Waals surface area contributed by atoms with Gasteiger partial charge in [-0.15, -0.1) is 12.4 Å². The summed E-state index contributed by atoms with van der Waals surface area (Å²) in [4.78, 5) is 25.1. The predicted octanol–water partition coefficient (Wildman–Crippen LogP) is 2.22. The molecule has 0 unspecified atom stereocenters. The molecular weight excluding hydrogens is 335 g/mol. The first-order valence-corrected chi connectivity index (χ1v) is 7.96. The highest BCUT2D eigenvalue weighted by molar-refractivity contribution is 5.85. The zero-order chi connectivity index (χ0) is 16.8. The maximum Gasteiger partial charge on any atom is 0.308 e. The van der Waals surface area contributed by atoms with E-state index in [0.717, 1.165) is 5.56 Å². The van der Waals surface area contributed by atoms with Crippen molar-refractivity contribution in [3.05, 3.63) is 35.6 Å². The van der Waals surface area contributed by atoms with Crippen LogP contribution in [-0.2, 0) is 16.0 Å². The summed E-state index contributed by atoms with van der Waals surface area (Å²) in [5, 5.41) is 9.19. The smallest absolute Gasteiger partial charge is 0.308 e. The van der Waals surface area contributed by atoms with Gasteiger partial charge in [-0.3, -0.25) is 9.59 Å². The number of halogens is 2. The molecule has 5 nitrogen and oxygen atoms in total. The van der Waals surface area contributed by atoms with E-state index in [1.807, 2.05) is 0 Å². The molecule has 134 valence electrons. The van der Waals surface area contributed by atoms with Crippen LogP contribution in [-0.4, -0.2) is 41.0 Å². The number of carbonyl (C=O) groups is 2. The summed E-state index contributed by atoms with van der Waals surface area (Å²) in [6.07, 6.45) is 2.81. The number of benzene rings is 1. The Labute approximate surface area is 147 Å². The Kier molecular flexibility index (Phi) is 8.15. The van der Waals surface area contributed by atoms with Crippen LogP contribution in [0.1, 0.15) is 31.2 Å². The van der Waals surface area contributed by atoms with Gasteiger partial charge in [0.1, 0.15) is 5.82 Å². The minimum absolute atomic E-state index is 0. The number of carboxylic acid groups (broad SMARTS) is 1. The quantitative estimate of drug-likeness (QED) is 0.845. The fourth-order valence-electron chi connectivity index (χ4n) is 2.88. The van der Waals surface area contributed by atoms with Crippen LogP contribution in [0.2, 0.25) is 0 Å². The third-order valence-corrected chi connectivity index (χ3v) is 4.25. The van der Waals surface area contributed by atoms with E-state index in [4.69, 9.17) is 5.73 Å². The van der Waals surface area contributed by atoms with Gasteiger partial charge in [0.15, 0.2) is 0 Å². The van der Waals surface area contributed by atoms with Crippen LogP contribution in [0, 0.1) is 11.7 Å². The van der Waals surface area contributed by atoms with Crippen LogP contribution in [0.25, 0.3) is 0 Å². The highest BCUT2D eigenvalue weighted by Crippen LogP contribution is 2.18. The van der Waals surface area contributed by atoms with Crippen molar-refractivity contribution >= 4 is 24.3 Å². The highest BCUT2D eigenvalue weighted by Gasteiger charge is 2.28. The number of aryl methyl sites for hydroxylation is 1. The number of hydrogen-bond donors (Lipinski definition) is 2. The summed E-state index contributed by atoms with van der Waals surface area (Å²) in [5.74, 6) is -1.74. The summed E-state index contributed by atoms with van der Waals surface area (Å²) in [7, 11) is 0. The number of likely N-dealkylation sites (tertiary alicyclic amines) is 1. The van der Waals surface area contributed by atoms with Gasteiger partial charge in [0.05, 0.1) is 5.92 Å². The predicted molar refractivity (Wildman–Crippen MR) is 91.5 cm³/mol. The number of carboxylic acids is 1. The summed E-state index contributed by atoms with van der Waals surface area (Å²) < 4.78 is 12.8. The zero-order valence-corrected chi connectivity index (χ0v) is 14.3. The molecule has 2 rings (SSSR count). The van der Waals surface area contributed by atoms with Crippen molar-refractivity contribution in [3.63, 3.8) is 0 Å². The molecule has 3 N–H and O–H groups in total. The summed E-state index contributed by atoms with van der Waals surface area (Å²) in [6, 6.07) is 6.06. The van der Waals surface area contributed by atoms with E-state index in [1.165, 1.54) is 12.1 Å². The molecule has 0 aliphatic carbocycles. The van der Waals surface area contributed by atoms with Crippen molar-refractivity contribution in [2.45, 2.75) is 38.1 Å². The molecule has 0 radical (unpaired) electrons. The van der Waals surface area contributed by atoms with Gasteiger partial charge in [-0.05, 0) is 43.4 Å². The molecule has 1 heterocycles. The van der Waals surface area contributed by atoms with E-state index in [0.29, 0.717) is 38.6 Å². The summed E-state index contributed by atoms with van der Waals surface area (Å²) in [5.41, 5.74) is 6.92.